The first-order valence-corrected chi connectivity index (χ1v) is 8.17. The Balaban J connectivity index is 1.45. The summed E-state index contributed by atoms with van der Waals surface area (Å²) in [6.45, 7) is 3.36. The van der Waals surface area contributed by atoms with E-state index in [9.17, 15) is 0 Å². The summed E-state index contributed by atoms with van der Waals surface area (Å²) in [6, 6.07) is 10.1. The highest BCUT2D eigenvalue weighted by Crippen LogP contribution is 2.45. The minimum absolute atomic E-state index is 0.258. The van der Waals surface area contributed by atoms with Crippen molar-refractivity contribution in [2.24, 2.45) is 5.92 Å². The summed E-state index contributed by atoms with van der Waals surface area (Å²) >= 11 is 4.01. The molecule has 0 spiro atoms. The number of piperidine rings is 3. The van der Waals surface area contributed by atoms with Crippen molar-refractivity contribution in [1.82, 2.24) is 4.90 Å². The molecule has 1 aromatic carbocycles. The highest BCUT2D eigenvalue weighted by molar-refractivity contribution is 9.10. The average Bonchev–Trinajstić information content (AvgIpc) is 2.46. The Kier molecular flexibility index (Phi) is 4.13. The summed E-state index contributed by atoms with van der Waals surface area (Å²) in [4.78, 5) is 2.63. The van der Waals surface area contributed by atoms with Gasteiger partial charge in [-0.15, -0.1) is 0 Å². The quantitative estimate of drug-likeness (QED) is 0.460. The zero-order valence-electron chi connectivity index (χ0n) is 11.4. The SMILES string of the molecule is BrC1(CCCOc2ccccc2)CC2CCN1CC2. The predicted octanol–water partition coefficient (Wildman–Crippen LogP) is 4.05. The maximum atomic E-state index is 5.78. The third-order valence-electron chi connectivity index (χ3n) is 4.50. The molecule has 3 fully saturated rings. The van der Waals surface area contributed by atoms with Gasteiger partial charge in [0.15, 0.2) is 0 Å². The number of ether oxygens (including phenoxy) is 1. The summed E-state index contributed by atoms with van der Waals surface area (Å²) in [7, 11) is 0. The number of rotatable bonds is 5. The fourth-order valence-electron chi connectivity index (χ4n) is 3.42. The van der Waals surface area contributed by atoms with E-state index in [0.29, 0.717) is 0 Å². The van der Waals surface area contributed by atoms with Crippen LogP contribution in [0.2, 0.25) is 0 Å². The van der Waals surface area contributed by atoms with Crippen LogP contribution < -0.4 is 4.74 Å². The van der Waals surface area contributed by atoms with Crippen LogP contribution in [-0.2, 0) is 0 Å². The lowest BCUT2D eigenvalue weighted by Gasteiger charge is -2.51. The van der Waals surface area contributed by atoms with E-state index in [0.717, 1.165) is 24.7 Å². The molecule has 0 amide bonds. The van der Waals surface area contributed by atoms with Crippen molar-refractivity contribution < 1.29 is 4.74 Å². The zero-order valence-corrected chi connectivity index (χ0v) is 12.9. The molecule has 3 aliphatic heterocycles. The van der Waals surface area contributed by atoms with Gasteiger partial charge in [-0.3, -0.25) is 4.90 Å². The van der Waals surface area contributed by atoms with E-state index >= 15 is 0 Å². The Hall–Kier alpha value is -0.540. The van der Waals surface area contributed by atoms with Gasteiger partial charge < -0.3 is 4.74 Å². The number of nitrogens with zero attached hydrogens (tertiary/aromatic N) is 1. The maximum Gasteiger partial charge on any atom is 0.119 e. The Morgan fingerprint density at radius 2 is 1.95 bits per heavy atom. The predicted molar refractivity (Wildman–Crippen MR) is 81.7 cm³/mol. The molecule has 0 radical (unpaired) electrons. The molecule has 0 aliphatic carbocycles. The van der Waals surface area contributed by atoms with Gasteiger partial charge in [-0.25, -0.2) is 0 Å². The second-order valence-electron chi connectivity index (χ2n) is 5.82. The minimum atomic E-state index is 0.258. The number of benzene rings is 1. The number of hydrogen-bond acceptors (Lipinski definition) is 2. The van der Waals surface area contributed by atoms with Gasteiger partial charge in [0.2, 0.25) is 0 Å². The lowest BCUT2D eigenvalue weighted by Crippen LogP contribution is -2.54. The van der Waals surface area contributed by atoms with Gasteiger partial charge in [0.1, 0.15) is 5.75 Å². The standard InChI is InChI=1S/C16H22BrNO/c17-16(13-14-7-10-18(16)11-8-14)9-4-12-19-15-5-2-1-3-6-15/h1-3,5-6,14H,4,7-13H2. The highest BCUT2D eigenvalue weighted by atomic mass is 79.9. The molecular weight excluding hydrogens is 302 g/mol. The number of fused-ring (bicyclic) bond motifs is 3. The van der Waals surface area contributed by atoms with E-state index in [-0.39, 0.29) is 4.45 Å². The first-order valence-electron chi connectivity index (χ1n) is 7.38. The topological polar surface area (TPSA) is 12.5 Å². The molecule has 0 N–H and O–H groups in total. The third kappa shape index (κ3) is 3.14. The van der Waals surface area contributed by atoms with Gasteiger partial charge in [-0.1, -0.05) is 34.1 Å². The first kappa shape index (κ1) is 13.4. The molecule has 3 aliphatic rings. The summed E-state index contributed by atoms with van der Waals surface area (Å²) in [5.41, 5.74) is 0. The summed E-state index contributed by atoms with van der Waals surface area (Å²) in [6.07, 6.45) is 6.42. The second-order valence-corrected chi connectivity index (χ2v) is 7.29. The number of halogens is 1. The molecule has 1 aromatic rings. The Labute approximate surface area is 124 Å². The van der Waals surface area contributed by atoms with Crippen LogP contribution in [0.1, 0.15) is 32.1 Å². The number of para-hydroxylation sites is 1. The van der Waals surface area contributed by atoms with Crippen molar-refractivity contribution >= 4 is 15.9 Å². The third-order valence-corrected chi connectivity index (χ3v) is 5.72. The molecule has 4 rings (SSSR count). The molecule has 104 valence electrons. The number of alkyl halides is 1. The van der Waals surface area contributed by atoms with Crippen LogP contribution in [0.25, 0.3) is 0 Å². The molecule has 1 atom stereocenters. The van der Waals surface area contributed by atoms with Gasteiger partial charge in [-0.05, 0) is 63.2 Å². The van der Waals surface area contributed by atoms with Crippen LogP contribution in [-0.4, -0.2) is 29.0 Å². The summed E-state index contributed by atoms with van der Waals surface area (Å²) in [5.74, 6) is 1.93. The van der Waals surface area contributed by atoms with Gasteiger partial charge in [0.05, 0.1) is 11.1 Å². The van der Waals surface area contributed by atoms with Crippen molar-refractivity contribution in [2.75, 3.05) is 19.7 Å². The van der Waals surface area contributed by atoms with Gasteiger partial charge in [0.25, 0.3) is 0 Å². The van der Waals surface area contributed by atoms with Crippen molar-refractivity contribution in [3.63, 3.8) is 0 Å². The molecule has 1 unspecified atom stereocenters. The van der Waals surface area contributed by atoms with Crippen LogP contribution in [0.5, 0.6) is 5.75 Å². The van der Waals surface area contributed by atoms with E-state index in [2.05, 4.69) is 20.8 Å². The number of hydrogen-bond donors (Lipinski definition) is 0. The summed E-state index contributed by atoms with van der Waals surface area (Å²) in [5, 5.41) is 0. The van der Waals surface area contributed by atoms with E-state index < -0.39 is 0 Å². The van der Waals surface area contributed by atoms with Crippen LogP contribution in [0.15, 0.2) is 30.3 Å². The van der Waals surface area contributed by atoms with E-state index in [1.807, 2.05) is 30.3 Å². The normalized spacial score (nSPS) is 33.3. The lowest BCUT2D eigenvalue weighted by atomic mass is 9.81. The van der Waals surface area contributed by atoms with Crippen LogP contribution in [0.4, 0.5) is 0 Å². The maximum absolute atomic E-state index is 5.78. The van der Waals surface area contributed by atoms with E-state index in [1.165, 1.54) is 38.8 Å². The molecule has 19 heavy (non-hydrogen) atoms. The molecule has 0 aromatic heterocycles. The Bertz CT molecular complexity index is 402. The lowest BCUT2D eigenvalue weighted by molar-refractivity contribution is 0.0250. The van der Waals surface area contributed by atoms with Crippen molar-refractivity contribution in [1.29, 1.82) is 0 Å². The molecule has 0 saturated carbocycles. The fourth-order valence-corrected chi connectivity index (χ4v) is 4.51. The van der Waals surface area contributed by atoms with Crippen LogP contribution in [0, 0.1) is 5.92 Å². The fraction of sp³-hybridized carbons (Fsp3) is 0.625. The molecule has 3 heterocycles. The molecular formula is C16H22BrNO. The van der Waals surface area contributed by atoms with Gasteiger partial charge >= 0.3 is 0 Å². The highest BCUT2D eigenvalue weighted by Gasteiger charge is 2.43. The van der Waals surface area contributed by atoms with Crippen LogP contribution >= 0.6 is 15.9 Å². The minimum Gasteiger partial charge on any atom is -0.494 e. The Morgan fingerprint density at radius 3 is 2.58 bits per heavy atom. The van der Waals surface area contributed by atoms with Gasteiger partial charge in [0, 0.05) is 0 Å². The van der Waals surface area contributed by atoms with Crippen molar-refractivity contribution in [2.45, 2.75) is 36.6 Å². The van der Waals surface area contributed by atoms with Crippen molar-refractivity contribution in [3.8, 4) is 5.75 Å². The Morgan fingerprint density at radius 1 is 1.21 bits per heavy atom. The molecule has 3 saturated heterocycles. The van der Waals surface area contributed by atoms with Gasteiger partial charge in [-0.2, -0.15) is 0 Å². The smallest absolute Gasteiger partial charge is 0.119 e. The molecule has 3 heteroatoms. The second kappa shape index (κ2) is 5.84. The molecule has 2 nitrogen and oxygen atoms in total. The van der Waals surface area contributed by atoms with Crippen LogP contribution in [0.3, 0.4) is 0 Å². The van der Waals surface area contributed by atoms with E-state index in [4.69, 9.17) is 4.74 Å². The summed E-state index contributed by atoms with van der Waals surface area (Å²) < 4.78 is 6.04. The monoisotopic (exact) mass is 323 g/mol. The molecule has 2 bridgehead atoms. The largest absolute Gasteiger partial charge is 0.494 e. The van der Waals surface area contributed by atoms with Crippen molar-refractivity contribution in [3.05, 3.63) is 30.3 Å². The average molecular weight is 324 g/mol. The zero-order chi connectivity index (χ0) is 13.1. The van der Waals surface area contributed by atoms with E-state index in [1.54, 1.807) is 0 Å². The first-order chi connectivity index (χ1) is 9.26.